The number of hydrogen-bond donors (Lipinski definition) is 0. The van der Waals surface area contributed by atoms with E-state index in [0.717, 1.165) is 26.1 Å². The molecule has 3 rings (SSSR count). The van der Waals surface area contributed by atoms with Crippen molar-refractivity contribution in [2.45, 2.75) is 38.8 Å². The second-order valence-corrected chi connectivity index (χ2v) is 7.39. The first-order valence-electron chi connectivity index (χ1n) is 7.62. The van der Waals surface area contributed by atoms with Gasteiger partial charge in [0.2, 0.25) is 0 Å². The molecule has 0 aromatic heterocycles. The number of anilines is 1. The first-order valence-corrected chi connectivity index (χ1v) is 8.42. The Balaban J connectivity index is 1.98. The second-order valence-electron chi connectivity index (χ2n) is 6.47. The van der Waals surface area contributed by atoms with Gasteiger partial charge in [-0.05, 0) is 37.4 Å². The fraction of sp³-hybridized carbons (Fsp3) is 0.625. The van der Waals surface area contributed by atoms with Crippen molar-refractivity contribution in [3.05, 3.63) is 28.2 Å². The van der Waals surface area contributed by atoms with Crippen LogP contribution in [0.3, 0.4) is 0 Å². The van der Waals surface area contributed by atoms with Gasteiger partial charge in [-0.15, -0.1) is 0 Å². The van der Waals surface area contributed by atoms with Gasteiger partial charge in [-0.3, -0.25) is 4.90 Å². The maximum atomic E-state index is 14.4. The molecule has 0 N–H and O–H groups in total. The predicted octanol–water partition coefficient (Wildman–Crippen LogP) is 4.04. The van der Waals surface area contributed by atoms with Crippen LogP contribution >= 0.6 is 15.9 Å². The topological polar surface area (TPSA) is 6.48 Å². The molecule has 0 aliphatic carbocycles. The van der Waals surface area contributed by atoms with Gasteiger partial charge in [-0.1, -0.05) is 29.8 Å². The Kier molecular flexibility index (Phi) is 4.23. The summed E-state index contributed by atoms with van der Waals surface area (Å²) in [7, 11) is 0. The lowest BCUT2D eigenvalue weighted by Gasteiger charge is -2.46. The number of piperazine rings is 1. The third-order valence-electron chi connectivity index (χ3n) is 4.77. The van der Waals surface area contributed by atoms with Crippen molar-refractivity contribution < 1.29 is 8.78 Å². The van der Waals surface area contributed by atoms with Crippen LogP contribution in [-0.2, 0) is 0 Å². The van der Waals surface area contributed by atoms with Gasteiger partial charge >= 0.3 is 0 Å². The van der Waals surface area contributed by atoms with Crippen molar-refractivity contribution in [1.82, 2.24) is 4.90 Å². The van der Waals surface area contributed by atoms with Gasteiger partial charge in [0.05, 0.1) is 0 Å². The standard InChI is InChI=1S/C16H21BrF2N2/c1-10(2)15-9-20-5-3-4-12(20)8-21(15)16-13(18)6-11(17)7-14(16)19/h6-7,10,12,15H,3-5,8-9H2,1-2H3. The normalized spacial score (nSPS) is 26.5. The zero-order valence-electron chi connectivity index (χ0n) is 12.5. The molecule has 2 aliphatic heterocycles. The quantitative estimate of drug-likeness (QED) is 0.787. The highest BCUT2D eigenvalue weighted by molar-refractivity contribution is 9.10. The molecule has 1 aromatic rings. The van der Waals surface area contributed by atoms with Crippen molar-refractivity contribution in [2.75, 3.05) is 24.5 Å². The lowest BCUT2D eigenvalue weighted by atomic mass is 9.96. The number of fused-ring (bicyclic) bond motifs is 1. The summed E-state index contributed by atoms with van der Waals surface area (Å²) in [6.07, 6.45) is 2.32. The van der Waals surface area contributed by atoms with Crippen LogP contribution < -0.4 is 4.90 Å². The Labute approximate surface area is 133 Å². The second kappa shape index (κ2) is 5.84. The third kappa shape index (κ3) is 2.82. The molecule has 5 heteroatoms. The van der Waals surface area contributed by atoms with Crippen LogP contribution in [0.2, 0.25) is 0 Å². The summed E-state index contributed by atoms with van der Waals surface area (Å²) in [6, 6.07) is 3.31. The van der Waals surface area contributed by atoms with E-state index < -0.39 is 11.6 Å². The molecule has 0 bridgehead atoms. The largest absolute Gasteiger partial charge is 0.361 e. The van der Waals surface area contributed by atoms with E-state index in [9.17, 15) is 8.78 Å². The molecule has 116 valence electrons. The van der Waals surface area contributed by atoms with Crippen LogP contribution in [0.15, 0.2) is 16.6 Å². The molecule has 2 fully saturated rings. The zero-order chi connectivity index (χ0) is 15.1. The molecule has 2 aliphatic rings. The average molecular weight is 359 g/mol. The lowest BCUT2D eigenvalue weighted by molar-refractivity contribution is 0.175. The van der Waals surface area contributed by atoms with Crippen molar-refractivity contribution in [3.63, 3.8) is 0 Å². The Hall–Kier alpha value is -0.680. The fourth-order valence-electron chi connectivity index (χ4n) is 3.68. The summed E-state index contributed by atoms with van der Waals surface area (Å²) in [5.74, 6) is -0.591. The molecule has 0 saturated carbocycles. The first-order chi connectivity index (χ1) is 9.97. The highest BCUT2D eigenvalue weighted by Gasteiger charge is 2.39. The Bertz CT molecular complexity index is 512. The van der Waals surface area contributed by atoms with E-state index in [4.69, 9.17) is 0 Å². The third-order valence-corrected chi connectivity index (χ3v) is 5.22. The van der Waals surface area contributed by atoms with E-state index in [1.165, 1.54) is 18.6 Å². The van der Waals surface area contributed by atoms with E-state index in [1.54, 1.807) is 0 Å². The number of halogens is 3. The van der Waals surface area contributed by atoms with Crippen LogP contribution in [0.1, 0.15) is 26.7 Å². The van der Waals surface area contributed by atoms with Gasteiger partial charge < -0.3 is 4.90 Å². The van der Waals surface area contributed by atoms with Gasteiger partial charge in [0.15, 0.2) is 11.6 Å². The molecule has 0 spiro atoms. The predicted molar refractivity (Wildman–Crippen MR) is 84.6 cm³/mol. The average Bonchev–Trinajstić information content (AvgIpc) is 2.83. The Morgan fingerprint density at radius 2 is 1.86 bits per heavy atom. The maximum Gasteiger partial charge on any atom is 0.150 e. The fourth-order valence-corrected chi connectivity index (χ4v) is 4.08. The highest BCUT2D eigenvalue weighted by Crippen LogP contribution is 2.35. The minimum Gasteiger partial charge on any atom is -0.361 e. The Morgan fingerprint density at radius 1 is 1.19 bits per heavy atom. The van der Waals surface area contributed by atoms with Gasteiger partial charge in [-0.2, -0.15) is 0 Å². The van der Waals surface area contributed by atoms with E-state index in [0.29, 0.717) is 16.4 Å². The summed E-state index contributed by atoms with van der Waals surface area (Å²) in [5, 5.41) is 0. The van der Waals surface area contributed by atoms with Gasteiger partial charge in [0.1, 0.15) is 5.69 Å². The smallest absolute Gasteiger partial charge is 0.150 e. The molecule has 21 heavy (non-hydrogen) atoms. The molecular weight excluding hydrogens is 338 g/mol. The molecule has 2 nitrogen and oxygen atoms in total. The van der Waals surface area contributed by atoms with E-state index in [2.05, 4.69) is 34.7 Å². The molecule has 1 aromatic carbocycles. The van der Waals surface area contributed by atoms with Gasteiger partial charge in [0, 0.05) is 29.6 Å². The summed E-state index contributed by atoms with van der Waals surface area (Å²) in [6.45, 7) is 6.99. The SMILES string of the molecule is CC(C)C1CN2CCCC2CN1c1c(F)cc(Br)cc1F. The molecule has 2 saturated heterocycles. The van der Waals surface area contributed by atoms with E-state index >= 15 is 0 Å². The number of nitrogens with zero attached hydrogens (tertiary/aromatic N) is 2. The minimum atomic E-state index is -0.473. The molecule has 0 amide bonds. The molecule has 0 radical (unpaired) electrons. The monoisotopic (exact) mass is 358 g/mol. The van der Waals surface area contributed by atoms with Crippen LogP contribution in [0.4, 0.5) is 14.5 Å². The van der Waals surface area contributed by atoms with Crippen LogP contribution in [0, 0.1) is 17.6 Å². The summed E-state index contributed by atoms with van der Waals surface area (Å²) in [5.41, 5.74) is 0.142. The van der Waals surface area contributed by atoms with Crippen molar-refractivity contribution in [2.24, 2.45) is 5.92 Å². The summed E-state index contributed by atoms with van der Waals surface area (Å²) < 4.78 is 29.1. The summed E-state index contributed by atoms with van der Waals surface area (Å²) >= 11 is 3.15. The molecular formula is C16H21BrF2N2. The van der Waals surface area contributed by atoms with Crippen LogP contribution in [0.25, 0.3) is 0 Å². The highest BCUT2D eigenvalue weighted by atomic mass is 79.9. The number of benzene rings is 1. The number of hydrogen-bond acceptors (Lipinski definition) is 2. The van der Waals surface area contributed by atoms with Crippen LogP contribution in [-0.4, -0.2) is 36.6 Å². The van der Waals surface area contributed by atoms with Gasteiger partial charge in [-0.25, -0.2) is 8.78 Å². The van der Waals surface area contributed by atoms with Gasteiger partial charge in [0.25, 0.3) is 0 Å². The summed E-state index contributed by atoms with van der Waals surface area (Å²) in [4.78, 5) is 4.45. The minimum absolute atomic E-state index is 0.142. The molecule has 2 atom stereocenters. The molecule has 2 heterocycles. The Morgan fingerprint density at radius 3 is 2.48 bits per heavy atom. The maximum absolute atomic E-state index is 14.4. The zero-order valence-corrected chi connectivity index (χ0v) is 14.0. The van der Waals surface area contributed by atoms with E-state index in [1.807, 2.05) is 4.90 Å². The molecule has 2 unspecified atom stereocenters. The van der Waals surface area contributed by atoms with Crippen molar-refractivity contribution >= 4 is 21.6 Å². The lowest BCUT2D eigenvalue weighted by Crippen LogP contribution is -2.58. The van der Waals surface area contributed by atoms with Crippen molar-refractivity contribution in [3.8, 4) is 0 Å². The first kappa shape index (κ1) is 15.2. The number of rotatable bonds is 2. The van der Waals surface area contributed by atoms with E-state index in [-0.39, 0.29) is 11.7 Å². The van der Waals surface area contributed by atoms with Crippen LogP contribution in [0.5, 0.6) is 0 Å². The van der Waals surface area contributed by atoms with Crippen molar-refractivity contribution in [1.29, 1.82) is 0 Å².